The van der Waals surface area contributed by atoms with Crippen molar-refractivity contribution in [2.24, 2.45) is 11.7 Å². The Labute approximate surface area is 121 Å². The van der Waals surface area contributed by atoms with Crippen LogP contribution in [0.3, 0.4) is 0 Å². The molecule has 1 aliphatic heterocycles. The second kappa shape index (κ2) is 5.45. The Bertz CT molecular complexity index is 668. The average Bonchev–Trinajstić information content (AvgIpc) is 2.88. The normalized spacial score (nSPS) is 23.9. The number of nitrogens with zero attached hydrogens (tertiary/aromatic N) is 2. The van der Waals surface area contributed by atoms with Gasteiger partial charge in [-0.25, -0.2) is 13.2 Å². The SMILES string of the molecule is CC1CCC(C(N)=O)CN1S(=O)(=O)c1[nH]ncc1C(=O)O. The number of nitrogens with one attached hydrogen (secondary N) is 1. The fraction of sp³-hybridized carbons (Fsp3) is 0.545. The summed E-state index contributed by atoms with van der Waals surface area (Å²) in [6.45, 7) is 1.64. The molecule has 0 saturated carbocycles. The van der Waals surface area contributed by atoms with Crippen LogP contribution in [0.4, 0.5) is 0 Å². The molecule has 1 aliphatic rings. The van der Waals surface area contributed by atoms with E-state index in [0.29, 0.717) is 12.8 Å². The number of aromatic nitrogens is 2. The van der Waals surface area contributed by atoms with Crippen LogP contribution in [0, 0.1) is 5.92 Å². The van der Waals surface area contributed by atoms with E-state index >= 15 is 0 Å². The number of carbonyl (C=O) groups excluding carboxylic acids is 1. The number of aromatic carboxylic acids is 1. The van der Waals surface area contributed by atoms with Gasteiger partial charge in [-0.1, -0.05) is 0 Å². The number of carboxylic acids is 1. The Balaban J connectivity index is 2.39. The lowest BCUT2D eigenvalue weighted by Gasteiger charge is -2.35. The number of carboxylic acid groups (broad SMARTS) is 1. The number of hydrogen-bond acceptors (Lipinski definition) is 5. The number of sulfonamides is 1. The van der Waals surface area contributed by atoms with Crippen LogP contribution in [-0.2, 0) is 14.8 Å². The molecule has 0 aromatic carbocycles. The molecule has 2 atom stereocenters. The lowest BCUT2D eigenvalue weighted by atomic mass is 9.95. The van der Waals surface area contributed by atoms with Crippen LogP contribution in [0.25, 0.3) is 0 Å². The van der Waals surface area contributed by atoms with Gasteiger partial charge < -0.3 is 10.8 Å². The van der Waals surface area contributed by atoms with Crippen molar-refractivity contribution in [3.8, 4) is 0 Å². The monoisotopic (exact) mass is 316 g/mol. The molecule has 1 aromatic rings. The van der Waals surface area contributed by atoms with Crippen LogP contribution in [0.2, 0.25) is 0 Å². The first-order chi connectivity index (χ1) is 9.75. The molecule has 0 radical (unpaired) electrons. The predicted octanol–water partition coefficient (Wildman–Crippen LogP) is -0.618. The summed E-state index contributed by atoms with van der Waals surface area (Å²) in [6, 6.07) is -0.351. The summed E-state index contributed by atoms with van der Waals surface area (Å²) < 4.78 is 26.3. The van der Waals surface area contributed by atoms with Crippen molar-refractivity contribution in [3.05, 3.63) is 11.8 Å². The molecule has 1 fully saturated rings. The van der Waals surface area contributed by atoms with Crippen molar-refractivity contribution in [2.75, 3.05) is 6.54 Å². The lowest BCUT2D eigenvalue weighted by Crippen LogP contribution is -2.48. The molecule has 0 bridgehead atoms. The van der Waals surface area contributed by atoms with Gasteiger partial charge in [-0.3, -0.25) is 9.89 Å². The minimum absolute atomic E-state index is 0.0586. The van der Waals surface area contributed by atoms with Gasteiger partial charge in [-0.15, -0.1) is 0 Å². The zero-order chi connectivity index (χ0) is 15.8. The van der Waals surface area contributed by atoms with Gasteiger partial charge in [0.2, 0.25) is 5.91 Å². The number of rotatable bonds is 4. The highest BCUT2D eigenvalue weighted by Gasteiger charge is 2.39. The van der Waals surface area contributed by atoms with E-state index in [4.69, 9.17) is 10.8 Å². The topological polar surface area (TPSA) is 146 Å². The van der Waals surface area contributed by atoms with E-state index in [9.17, 15) is 18.0 Å². The molecule has 0 spiro atoms. The van der Waals surface area contributed by atoms with Crippen LogP contribution in [0.1, 0.15) is 30.1 Å². The standard InChI is InChI=1S/C11H16N4O5S/c1-6-2-3-7(9(12)16)5-15(6)21(19,20)10-8(11(17)18)4-13-14-10/h4,6-7H,2-3,5H2,1H3,(H2,12,16)(H,13,14)(H,17,18). The lowest BCUT2D eigenvalue weighted by molar-refractivity contribution is -0.123. The van der Waals surface area contributed by atoms with Crippen molar-refractivity contribution in [2.45, 2.75) is 30.8 Å². The van der Waals surface area contributed by atoms with Crippen molar-refractivity contribution in [3.63, 3.8) is 0 Å². The number of carbonyl (C=O) groups is 2. The third-order valence-electron chi connectivity index (χ3n) is 3.63. The molecule has 9 nitrogen and oxygen atoms in total. The van der Waals surface area contributed by atoms with Crippen molar-refractivity contribution in [1.82, 2.24) is 14.5 Å². The van der Waals surface area contributed by atoms with E-state index in [0.717, 1.165) is 10.5 Å². The molecule has 10 heteroatoms. The number of aromatic amines is 1. The third-order valence-corrected chi connectivity index (χ3v) is 5.58. The highest BCUT2D eigenvalue weighted by Crippen LogP contribution is 2.28. The molecule has 2 rings (SSSR count). The fourth-order valence-electron chi connectivity index (χ4n) is 2.38. The maximum absolute atomic E-state index is 12.6. The van der Waals surface area contributed by atoms with Crippen molar-refractivity contribution >= 4 is 21.9 Å². The van der Waals surface area contributed by atoms with Crippen LogP contribution in [-0.4, -0.2) is 52.5 Å². The average molecular weight is 316 g/mol. The smallest absolute Gasteiger partial charge is 0.340 e. The zero-order valence-electron chi connectivity index (χ0n) is 11.3. The summed E-state index contributed by atoms with van der Waals surface area (Å²) >= 11 is 0. The summed E-state index contributed by atoms with van der Waals surface area (Å²) in [4.78, 5) is 22.3. The first-order valence-electron chi connectivity index (χ1n) is 6.33. The number of amides is 1. The summed E-state index contributed by atoms with van der Waals surface area (Å²) in [5.41, 5.74) is 4.81. The molecular weight excluding hydrogens is 300 g/mol. The highest BCUT2D eigenvalue weighted by atomic mass is 32.2. The first kappa shape index (κ1) is 15.4. The van der Waals surface area contributed by atoms with Crippen LogP contribution >= 0.6 is 0 Å². The number of nitrogens with two attached hydrogens (primary N) is 1. The molecule has 2 heterocycles. The fourth-order valence-corrected chi connectivity index (χ4v) is 4.16. The van der Waals surface area contributed by atoms with Crippen LogP contribution in [0.5, 0.6) is 0 Å². The molecule has 21 heavy (non-hydrogen) atoms. The van der Waals surface area contributed by atoms with Gasteiger partial charge in [0, 0.05) is 12.6 Å². The van der Waals surface area contributed by atoms with Crippen LogP contribution < -0.4 is 5.73 Å². The molecule has 4 N–H and O–H groups in total. The number of hydrogen-bond donors (Lipinski definition) is 3. The van der Waals surface area contributed by atoms with E-state index in [1.807, 2.05) is 0 Å². The number of piperidine rings is 1. The van der Waals surface area contributed by atoms with E-state index in [1.54, 1.807) is 6.92 Å². The number of H-pyrrole nitrogens is 1. The summed E-state index contributed by atoms with van der Waals surface area (Å²) in [7, 11) is -4.08. The summed E-state index contributed by atoms with van der Waals surface area (Å²) in [5.74, 6) is -2.53. The maximum atomic E-state index is 12.6. The van der Waals surface area contributed by atoms with Gasteiger partial charge in [-0.05, 0) is 19.8 Å². The van der Waals surface area contributed by atoms with Crippen molar-refractivity contribution in [1.29, 1.82) is 0 Å². The first-order valence-corrected chi connectivity index (χ1v) is 7.77. The summed E-state index contributed by atoms with van der Waals surface area (Å²) in [5, 5.41) is 14.2. The van der Waals surface area contributed by atoms with E-state index < -0.39 is 38.4 Å². The maximum Gasteiger partial charge on any atom is 0.340 e. The Hall–Kier alpha value is -1.94. The van der Waals surface area contributed by atoms with Gasteiger partial charge >= 0.3 is 5.97 Å². The number of primary amides is 1. The van der Waals surface area contributed by atoms with E-state index in [2.05, 4.69) is 10.2 Å². The van der Waals surface area contributed by atoms with Gasteiger partial charge in [0.05, 0.1) is 12.1 Å². The summed E-state index contributed by atoms with van der Waals surface area (Å²) in [6.07, 6.45) is 1.93. The predicted molar refractivity (Wildman–Crippen MR) is 70.8 cm³/mol. The van der Waals surface area contributed by atoms with E-state index in [1.165, 1.54) is 0 Å². The van der Waals surface area contributed by atoms with Gasteiger partial charge in [0.25, 0.3) is 10.0 Å². The molecule has 116 valence electrons. The Morgan fingerprint density at radius 2 is 2.14 bits per heavy atom. The van der Waals surface area contributed by atoms with Crippen LogP contribution in [0.15, 0.2) is 11.2 Å². The van der Waals surface area contributed by atoms with Gasteiger partial charge in [-0.2, -0.15) is 9.40 Å². The Kier molecular flexibility index (Phi) is 4.01. The van der Waals surface area contributed by atoms with Gasteiger partial charge in [0.15, 0.2) is 5.03 Å². The molecule has 1 amide bonds. The minimum atomic E-state index is -4.08. The molecule has 2 unspecified atom stereocenters. The quantitative estimate of drug-likeness (QED) is 0.674. The molecular formula is C11H16N4O5S. The van der Waals surface area contributed by atoms with Crippen molar-refractivity contribution < 1.29 is 23.1 Å². The molecule has 1 saturated heterocycles. The second-order valence-corrected chi connectivity index (χ2v) is 6.85. The zero-order valence-corrected chi connectivity index (χ0v) is 12.1. The third kappa shape index (κ3) is 2.76. The molecule has 0 aliphatic carbocycles. The highest BCUT2D eigenvalue weighted by molar-refractivity contribution is 7.89. The molecule has 1 aromatic heterocycles. The Morgan fingerprint density at radius 1 is 1.48 bits per heavy atom. The van der Waals surface area contributed by atoms with Gasteiger partial charge in [0.1, 0.15) is 5.56 Å². The Morgan fingerprint density at radius 3 is 2.71 bits per heavy atom. The minimum Gasteiger partial charge on any atom is -0.478 e. The largest absolute Gasteiger partial charge is 0.478 e. The second-order valence-electron chi connectivity index (χ2n) is 5.02. The van der Waals surface area contributed by atoms with E-state index in [-0.39, 0.29) is 12.6 Å².